The maximum absolute atomic E-state index is 13.4. The average molecular weight is 384 g/mol. The van der Waals surface area contributed by atoms with Gasteiger partial charge in [0.1, 0.15) is 5.82 Å². The quantitative estimate of drug-likeness (QED) is 0.637. The average Bonchev–Trinajstić information content (AvgIpc) is 2.71. The second-order valence-electron chi connectivity index (χ2n) is 7.59. The van der Waals surface area contributed by atoms with E-state index in [1.807, 2.05) is 13.0 Å². The van der Waals surface area contributed by atoms with E-state index in [4.69, 9.17) is 4.74 Å². The summed E-state index contributed by atoms with van der Waals surface area (Å²) in [7, 11) is 0. The fraction of sp³-hybridized carbons (Fsp3) is 0.478. The highest BCUT2D eigenvalue weighted by molar-refractivity contribution is 5.99. The summed E-state index contributed by atoms with van der Waals surface area (Å²) in [5, 5.41) is 3.08. The van der Waals surface area contributed by atoms with Crippen LogP contribution in [0.3, 0.4) is 0 Å². The van der Waals surface area contributed by atoms with E-state index in [0.717, 1.165) is 56.2 Å². The van der Waals surface area contributed by atoms with Crippen molar-refractivity contribution in [1.29, 1.82) is 0 Å². The van der Waals surface area contributed by atoms with Crippen LogP contribution in [0.2, 0.25) is 0 Å². The van der Waals surface area contributed by atoms with Crippen LogP contribution in [-0.2, 0) is 10.2 Å². The van der Waals surface area contributed by atoms with Crippen LogP contribution in [0.5, 0.6) is 5.88 Å². The van der Waals surface area contributed by atoms with E-state index in [1.165, 1.54) is 12.1 Å². The number of benzene rings is 1. The Morgan fingerprint density at radius 3 is 2.50 bits per heavy atom. The van der Waals surface area contributed by atoms with Crippen molar-refractivity contribution in [2.24, 2.45) is 0 Å². The van der Waals surface area contributed by atoms with E-state index < -0.39 is 5.41 Å². The third kappa shape index (κ3) is 4.51. The van der Waals surface area contributed by atoms with Gasteiger partial charge >= 0.3 is 0 Å². The number of nitrogens with zero attached hydrogens (tertiary/aromatic N) is 1. The van der Waals surface area contributed by atoms with Gasteiger partial charge < -0.3 is 10.1 Å². The van der Waals surface area contributed by atoms with Gasteiger partial charge in [0.2, 0.25) is 11.8 Å². The first-order chi connectivity index (χ1) is 13.5. The van der Waals surface area contributed by atoms with Gasteiger partial charge in [0, 0.05) is 6.07 Å². The summed E-state index contributed by atoms with van der Waals surface area (Å²) in [5.41, 5.74) is 1.69. The van der Waals surface area contributed by atoms with Crippen LogP contribution in [0.1, 0.15) is 63.1 Å². The smallest absolute Gasteiger partial charge is 0.235 e. The maximum Gasteiger partial charge on any atom is 0.235 e. The Kier molecular flexibility index (Phi) is 6.65. The zero-order valence-corrected chi connectivity index (χ0v) is 16.8. The van der Waals surface area contributed by atoms with Gasteiger partial charge in [0.25, 0.3) is 0 Å². The lowest BCUT2D eigenvalue weighted by Crippen LogP contribution is -2.42. The molecule has 0 atom stereocenters. The van der Waals surface area contributed by atoms with Crippen LogP contribution in [0.25, 0.3) is 0 Å². The Bertz CT molecular complexity index is 799. The van der Waals surface area contributed by atoms with E-state index in [-0.39, 0.29) is 11.7 Å². The molecular formula is C23H29FN2O2. The number of carbonyl (C=O) groups excluding carboxylic acids is 1. The van der Waals surface area contributed by atoms with Gasteiger partial charge in [0.05, 0.1) is 23.4 Å². The number of hydrogen-bond acceptors (Lipinski definition) is 3. The highest BCUT2D eigenvalue weighted by Gasteiger charge is 2.41. The zero-order valence-electron chi connectivity index (χ0n) is 16.8. The molecule has 0 radical (unpaired) electrons. The normalized spacial score (nSPS) is 15.8. The van der Waals surface area contributed by atoms with Crippen molar-refractivity contribution < 1.29 is 13.9 Å². The Balaban J connectivity index is 1.79. The first-order valence-electron chi connectivity index (χ1n) is 10.2. The van der Waals surface area contributed by atoms with Crippen molar-refractivity contribution in [2.45, 2.75) is 64.2 Å². The minimum atomic E-state index is -0.616. The van der Waals surface area contributed by atoms with Crippen molar-refractivity contribution in [3.63, 3.8) is 0 Å². The SMILES string of the molecule is CCCCOc1ccc(NC(=O)C2(c3ccc(F)cc3)CCCCC2)c(C)n1. The Morgan fingerprint density at radius 2 is 1.86 bits per heavy atom. The lowest BCUT2D eigenvalue weighted by Gasteiger charge is -2.36. The number of carbonyl (C=O) groups is 1. The number of anilines is 1. The molecule has 5 heteroatoms. The van der Waals surface area contributed by atoms with Crippen LogP contribution in [0, 0.1) is 12.7 Å². The first kappa shape index (κ1) is 20.3. The largest absolute Gasteiger partial charge is 0.478 e. The fourth-order valence-electron chi connectivity index (χ4n) is 3.88. The molecule has 0 spiro atoms. The molecule has 150 valence electrons. The zero-order chi connectivity index (χ0) is 20.0. The molecule has 1 aliphatic carbocycles. The molecular weight excluding hydrogens is 355 g/mol. The topological polar surface area (TPSA) is 51.2 Å². The summed E-state index contributed by atoms with van der Waals surface area (Å²) in [6.45, 7) is 4.62. The molecule has 1 heterocycles. The number of ether oxygens (including phenoxy) is 1. The number of aryl methyl sites for hydroxylation is 1. The van der Waals surface area contributed by atoms with Gasteiger partial charge in [-0.1, -0.05) is 44.7 Å². The van der Waals surface area contributed by atoms with E-state index >= 15 is 0 Å². The summed E-state index contributed by atoms with van der Waals surface area (Å²) < 4.78 is 19.1. The summed E-state index contributed by atoms with van der Waals surface area (Å²) >= 11 is 0. The van der Waals surface area contributed by atoms with Crippen molar-refractivity contribution in [2.75, 3.05) is 11.9 Å². The molecule has 1 saturated carbocycles. The van der Waals surface area contributed by atoms with Gasteiger partial charge in [-0.15, -0.1) is 0 Å². The lowest BCUT2D eigenvalue weighted by atomic mass is 9.68. The van der Waals surface area contributed by atoms with Crippen molar-refractivity contribution in [1.82, 2.24) is 4.98 Å². The molecule has 28 heavy (non-hydrogen) atoms. The molecule has 0 aliphatic heterocycles. The third-order valence-electron chi connectivity index (χ3n) is 5.59. The Labute approximate surface area is 166 Å². The molecule has 0 saturated heterocycles. The highest BCUT2D eigenvalue weighted by Crippen LogP contribution is 2.40. The summed E-state index contributed by atoms with van der Waals surface area (Å²) in [4.78, 5) is 17.8. The molecule has 0 bridgehead atoms. The Morgan fingerprint density at radius 1 is 1.14 bits per heavy atom. The fourth-order valence-corrected chi connectivity index (χ4v) is 3.88. The van der Waals surface area contributed by atoms with Crippen LogP contribution in [0.15, 0.2) is 36.4 Å². The molecule has 1 aromatic carbocycles. The number of unbranched alkanes of at least 4 members (excludes halogenated alkanes) is 1. The van der Waals surface area contributed by atoms with Crippen LogP contribution in [0.4, 0.5) is 10.1 Å². The van der Waals surface area contributed by atoms with Gasteiger partial charge in [0.15, 0.2) is 0 Å². The molecule has 0 unspecified atom stereocenters. The molecule has 1 N–H and O–H groups in total. The second kappa shape index (κ2) is 9.18. The van der Waals surface area contributed by atoms with Crippen LogP contribution >= 0.6 is 0 Å². The van der Waals surface area contributed by atoms with E-state index in [1.54, 1.807) is 18.2 Å². The van der Waals surface area contributed by atoms with Gasteiger partial charge in [-0.05, 0) is 49.9 Å². The number of halogens is 1. The minimum Gasteiger partial charge on any atom is -0.478 e. The highest BCUT2D eigenvalue weighted by atomic mass is 19.1. The van der Waals surface area contributed by atoms with Crippen molar-refractivity contribution >= 4 is 11.6 Å². The number of hydrogen-bond donors (Lipinski definition) is 1. The van der Waals surface area contributed by atoms with Gasteiger partial charge in [-0.2, -0.15) is 0 Å². The minimum absolute atomic E-state index is 0.0386. The Hall–Kier alpha value is -2.43. The van der Waals surface area contributed by atoms with Gasteiger partial charge in [-0.25, -0.2) is 9.37 Å². The lowest BCUT2D eigenvalue weighted by molar-refractivity contribution is -0.122. The molecule has 3 rings (SSSR count). The van der Waals surface area contributed by atoms with Crippen LogP contribution < -0.4 is 10.1 Å². The number of aromatic nitrogens is 1. The monoisotopic (exact) mass is 384 g/mol. The van der Waals surface area contributed by atoms with E-state index in [0.29, 0.717) is 18.2 Å². The number of amides is 1. The van der Waals surface area contributed by atoms with E-state index in [2.05, 4.69) is 17.2 Å². The predicted molar refractivity (Wildman–Crippen MR) is 109 cm³/mol. The van der Waals surface area contributed by atoms with Crippen molar-refractivity contribution in [3.05, 3.63) is 53.5 Å². The number of pyridine rings is 1. The first-order valence-corrected chi connectivity index (χ1v) is 10.2. The standard InChI is InChI=1S/C23H29FN2O2/c1-3-4-16-28-21-13-12-20(17(2)25-21)26-22(27)23(14-6-5-7-15-23)18-8-10-19(24)11-9-18/h8-13H,3-7,14-16H2,1-2H3,(H,26,27). The number of rotatable bonds is 7. The molecule has 1 aromatic heterocycles. The summed E-state index contributed by atoms with van der Waals surface area (Å²) in [5.74, 6) is 0.257. The number of nitrogens with one attached hydrogen (secondary N) is 1. The van der Waals surface area contributed by atoms with Crippen molar-refractivity contribution in [3.8, 4) is 5.88 Å². The second-order valence-corrected chi connectivity index (χ2v) is 7.59. The van der Waals surface area contributed by atoms with Gasteiger partial charge in [-0.3, -0.25) is 4.79 Å². The van der Waals surface area contributed by atoms with Crippen LogP contribution in [-0.4, -0.2) is 17.5 Å². The predicted octanol–water partition coefficient (Wildman–Crippen LogP) is 5.55. The molecule has 2 aromatic rings. The van der Waals surface area contributed by atoms with E-state index in [9.17, 15) is 9.18 Å². The molecule has 1 amide bonds. The maximum atomic E-state index is 13.4. The molecule has 1 fully saturated rings. The summed E-state index contributed by atoms with van der Waals surface area (Å²) in [6, 6.07) is 10.0. The molecule has 4 nitrogen and oxygen atoms in total. The third-order valence-corrected chi connectivity index (χ3v) is 5.59. The molecule has 1 aliphatic rings. The summed E-state index contributed by atoms with van der Waals surface area (Å²) in [6.07, 6.45) is 6.71.